The van der Waals surface area contributed by atoms with Gasteiger partial charge in [-0.05, 0) is 29.8 Å². The predicted molar refractivity (Wildman–Crippen MR) is 79.4 cm³/mol. The largest absolute Gasteiger partial charge is 0.392 e. The van der Waals surface area contributed by atoms with Crippen LogP contribution in [0, 0.1) is 0 Å². The molecule has 0 aliphatic carbocycles. The fourth-order valence-electron chi connectivity index (χ4n) is 1.72. The minimum Gasteiger partial charge on any atom is -0.392 e. The fraction of sp³-hybridized carbons (Fsp3) is 0.267. The first kappa shape index (κ1) is 13.9. The normalized spacial score (nSPS) is 12.3. The fourth-order valence-corrected chi connectivity index (χ4v) is 2.49. The van der Waals surface area contributed by atoms with Gasteiger partial charge in [0, 0.05) is 11.4 Å². The van der Waals surface area contributed by atoms with Gasteiger partial charge < -0.3 is 10.4 Å². The maximum Gasteiger partial charge on any atom is 0.230 e. The highest BCUT2D eigenvalue weighted by Crippen LogP contribution is 2.23. The number of hydrogen-bond acceptors (Lipinski definition) is 3. The Morgan fingerprint density at radius 1 is 1.26 bits per heavy atom. The van der Waals surface area contributed by atoms with Crippen molar-refractivity contribution in [1.29, 1.82) is 0 Å². The van der Waals surface area contributed by atoms with E-state index in [9.17, 15) is 4.79 Å². The van der Waals surface area contributed by atoms with Gasteiger partial charge in [-0.25, -0.2) is 0 Å². The number of rotatable bonds is 5. The van der Waals surface area contributed by atoms with Crippen molar-refractivity contribution >= 4 is 28.4 Å². The lowest BCUT2D eigenvalue weighted by Gasteiger charge is -2.07. The van der Waals surface area contributed by atoms with E-state index >= 15 is 0 Å². The molecule has 0 bridgehead atoms. The minimum absolute atomic E-state index is 0.0564. The summed E-state index contributed by atoms with van der Waals surface area (Å²) in [5, 5.41) is 14.1. The van der Waals surface area contributed by atoms with Crippen molar-refractivity contribution in [3.05, 3.63) is 42.5 Å². The van der Waals surface area contributed by atoms with Gasteiger partial charge in [0.05, 0.1) is 11.9 Å². The topological polar surface area (TPSA) is 49.3 Å². The summed E-state index contributed by atoms with van der Waals surface area (Å²) in [7, 11) is 0. The predicted octanol–water partition coefficient (Wildman–Crippen LogP) is 2.43. The Kier molecular flexibility index (Phi) is 4.82. The molecule has 2 aromatic carbocycles. The van der Waals surface area contributed by atoms with E-state index in [1.54, 1.807) is 6.92 Å². The van der Waals surface area contributed by atoms with Gasteiger partial charge in [-0.1, -0.05) is 30.3 Å². The third-order valence-electron chi connectivity index (χ3n) is 2.69. The second-order valence-electron chi connectivity index (χ2n) is 4.45. The molecule has 2 rings (SSSR count). The lowest BCUT2D eigenvalue weighted by molar-refractivity contribution is -0.118. The molecule has 0 aliphatic heterocycles. The number of carbonyl (C=O) groups excluding carboxylic acids is 1. The zero-order valence-electron chi connectivity index (χ0n) is 10.8. The molecule has 19 heavy (non-hydrogen) atoms. The number of aliphatic hydroxyl groups is 1. The zero-order valence-corrected chi connectivity index (χ0v) is 11.6. The molecule has 0 fully saturated rings. The molecule has 2 N–H and O–H groups in total. The number of aliphatic hydroxyl groups excluding tert-OH is 1. The molecule has 4 heteroatoms. The van der Waals surface area contributed by atoms with E-state index in [1.807, 2.05) is 18.2 Å². The van der Waals surface area contributed by atoms with Crippen LogP contribution in [0.2, 0.25) is 0 Å². The van der Waals surface area contributed by atoms with Gasteiger partial charge in [-0.2, -0.15) is 0 Å². The van der Waals surface area contributed by atoms with E-state index in [-0.39, 0.29) is 5.91 Å². The smallest absolute Gasteiger partial charge is 0.230 e. The lowest BCUT2D eigenvalue weighted by Crippen LogP contribution is -2.31. The van der Waals surface area contributed by atoms with E-state index in [4.69, 9.17) is 5.11 Å². The molecule has 3 nitrogen and oxygen atoms in total. The van der Waals surface area contributed by atoms with Crippen LogP contribution in [0.1, 0.15) is 6.92 Å². The minimum atomic E-state index is -0.505. The average molecular weight is 275 g/mol. The summed E-state index contributed by atoms with van der Waals surface area (Å²) >= 11 is 1.50. The van der Waals surface area contributed by atoms with E-state index in [2.05, 4.69) is 29.6 Å². The van der Waals surface area contributed by atoms with E-state index < -0.39 is 6.10 Å². The van der Waals surface area contributed by atoms with Crippen LogP contribution in [0.3, 0.4) is 0 Å². The van der Waals surface area contributed by atoms with Crippen molar-refractivity contribution in [3.8, 4) is 0 Å². The number of fused-ring (bicyclic) bond motifs is 1. The van der Waals surface area contributed by atoms with Crippen LogP contribution in [0.5, 0.6) is 0 Å². The van der Waals surface area contributed by atoms with Crippen LogP contribution in [-0.4, -0.2) is 29.4 Å². The molecular weight excluding hydrogens is 258 g/mol. The summed E-state index contributed by atoms with van der Waals surface area (Å²) < 4.78 is 0. The highest BCUT2D eigenvalue weighted by atomic mass is 32.2. The quantitative estimate of drug-likeness (QED) is 0.824. The van der Waals surface area contributed by atoms with Crippen LogP contribution in [-0.2, 0) is 4.79 Å². The monoisotopic (exact) mass is 275 g/mol. The van der Waals surface area contributed by atoms with Gasteiger partial charge in [0.1, 0.15) is 0 Å². The molecule has 0 saturated heterocycles. The van der Waals surface area contributed by atoms with Gasteiger partial charge >= 0.3 is 0 Å². The SMILES string of the molecule is CC(O)CNC(=O)CSc1ccc2ccccc2c1. The zero-order chi connectivity index (χ0) is 13.7. The van der Waals surface area contributed by atoms with E-state index in [0.29, 0.717) is 12.3 Å². The Hall–Kier alpha value is -1.52. The van der Waals surface area contributed by atoms with Crippen molar-refractivity contribution in [2.45, 2.75) is 17.9 Å². The Morgan fingerprint density at radius 3 is 2.74 bits per heavy atom. The molecule has 1 unspecified atom stereocenters. The highest BCUT2D eigenvalue weighted by Gasteiger charge is 2.04. The Labute approximate surface area is 117 Å². The van der Waals surface area contributed by atoms with Gasteiger partial charge in [-0.3, -0.25) is 4.79 Å². The summed E-state index contributed by atoms with van der Waals surface area (Å²) in [6.45, 7) is 1.95. The maximum atomic E-state index is 11.5. The Morgan fingerprint density at radius 2 is 2.00 bits per heavy atom. The number of amides is 1. The number of benzene rings is 2. The second-order valence-corrected chi connectivity index (χ2v) is 5.50. The highest BCUT2D eigenvalue weighted by molar-refractivity contribution is 8.00. The van der Waals surface area contributed by atoms with Crippen molar-refractivity contribution in [3.63, 3.8) is 0 Å². The maximum absolute atomic E-state index is 11.5. The molecule has 100 valence electrons. The summed E-state index contributed by atoms with van der Waals surface area (Å²) in [4.78, 5) is 12.6. The Balaban J connectivity index is 1.92. The van der Waals surface area contributed by atoms with Crippen molar-refractivity contribution in [1.82, 2.24) is 5.32 Å². The molecule has 0 aliphatic rings. The van der Waals surface area contributed by atoms with Crippen molar-refractivity contribution in [2.24, 2.45) is 0 Å². The van der Waals surface area contributed by atoms with Gasteiger partial charge in [0.25, 0.3) is 0 Å². The first-order valence-corrected chi connectivity index (χ1v) is 7.20. The first-order chi connectivity index (χ1) is 9.15. The molecule has 0 radical (unpaired) electrons. The van der Waals surface area contributed by atoms with E-state index in [1.165, 1.54) is 22.5 Å². The lowest BCUT2D eigenvalue weighted by atomic mass is 10.1. The molecular formula is C15H17NO2S. The molecule has 0 spiro atoms. The van der Waals surface area contributed by atoms with E-state index in [0.717, 1.165) is 4.90 Å². The summed E-state index contributed by atoms with van der Waals surface area (Å²) in [5.41, 5.74) is 0. The average Bonchev–Trinajstić information content (AvgIpc) is 2.42. The number of carbonyl (C=O) groups is 1. The van der Waals surface area contributed by atoms with Crippen LogP contribution < -0.4 is 5.32 Å². The van der Waals surface area contributed by atoms with Gasteiger partial charge in [0.2, 0.25) is 5.91 Å². The molecule has 0 heterocycles. The summed E-state index contributed by atoms with van der Waals surface area (Å²) in [6.07, 6.45) is -0.505. The number of nitrogens with one attached hydrogen (secondary N) is 1. The van der Waals surface area contributed by atoms with Crippen molar-refractivity contribution in [2.75, 3.05) is 12.3 Å². The third kappa shape index (κ3) is 4.26. The van der Waals surface area contributed by atoms with Crippen LogP contribution in [0.15, 0.2) is 47.4 Å². The Bertz CT molecular complexity index is 569. The number of hydrogen-bond donors (Lipinski definition) is 2. The molecule has 1 amide bonds. The first-order valence-electron chi connectivity index (χ1n) is 6.21. The molecule has 1 atom stereocenters. The molecule has 2 aromatic rings. The second kappa shape index (κ2) is 6.59. The number of thioether (sulfide) groups is 1. The molecule has 0 aromatic heterocycles. The summed E-state index contributed by atoms with van der Waals surface area (Å²) in [5.74, 6) is 0.310. The summed E-state index contributed by atoms with van der Waals surface area (Å²) in [6, 6.07) is 14.3. The van der Waals surface area contributed by atoms with Crippen LogP contribution >= 0.6 is 11.8 Å². The van der Waals surface area contributed by atoms with Crippen molar-refractivity contribution < 1.29 is 9.90 Å². The molecule has 0 saturated carbocycles. The van der Waals surface area contributed by atoms with Crippen LogP contribution in [0.4, 0.5) is 0 Å². The van der Waals surface area contributed by atoms with Gasteiger partial charge in [0.15, 0.2) is 0 Å². The standard InChI is InChI=1S/C15H17NO2S/c1-11(17)9-16-15(18)10-19-14-7-6-12-4-2-3-5-13(12)8-14/h2-8,11,17H,9-10H2,1H3,(H,16,18). The third-order valence-corrected chi connectivity index (χ3v) is 3.68. The van der Waals surface area contributed by atoms with Crippen LogP contribution in [0.25, 0.3) is 10.8 Å². The van der Waals surface area contributed by atoms with Gasteiger partial charge in [-0.15, -0.1) is 11.8 Å².